The van der Waals surface area contributed by atoms with Crippen molar-refractivity contribution in [3.05, 3.63) is 28.8 Å². The molecule has 16 heavy (non-hydrogen) atoms. The van der Waals surface area contributed by atoms with Crippen LogP contribution in [-0.2, 0) is 0 Å². The Morgan fingerprint density at radius 2 is 1.94 bits per heavy atom. The van der Waals surface area contributed by atoms with Gasteiger partial charge in [-0.2, -0.15) is 0 Å². The van der Waals surface area contributed by atoms with Gasteiger partial charge in [0.15, 0.2) is 0 Å². The molecule has 1 aromatic rings. The predicted octanol–water partition coefficient (Wildman–Crippen LogP) is 2.98. The predicted molar refractivity (Wildman–Crippen MR) is 69.9 cm³/mol. The van der Waals surface area contributed by atoms with E-state index < -0.39 is 0 Å². The second-order valence-electron chi connectivity index (χ2n) is 4.73. The van der Waals surface area contributed by atoms with E-state index in [1.807, 2.05) is 25.6 Å². The van der Waals surface area contributed by atoms with Gasteiger partial charge in [0.1, 0.15) is 5.75 Å². The van der Waals surface area contributed by atoms with Gasteiger partial charge in [-0.05, 0) is 60.9 Å². The maximum Gasteiger partial charge on any atom is 0.121 e. The van der Waals surface area contributed by atoms with Gasteiger partial charge < -0.3 is 10.4 Å². The Labute approximate surface area is 101 Å². The van der Waals surface area contributed by atoms with Gasteiger partial charge in [0.25, 0.3) is 0 Å². The van der Waals surface area contributed by atoms with Crippen molar-refractivity contribution < 1.29 is 5.11 Å². The Morgan fingerprint density at radius 1 is 1.31 bits per heavy atom. The molecule has 0 aromatic heterocycles. The molecular weight excluding hydrogens is 218 g/mol. The van der Waals surface area contributed by atoms with Gasteiger partial charge >= 0.3 is 0 Å². The molecule has 2 nitrogen and oxygen atoms in total. The summed E-state index contributed by atoms with van der Waals surface area (Å²) in [4.78, 5) is 0. The quantitative estimate of drug-likeness (QED) is 0.787. The van der Waals surface area contributed by atoms with Gasteiger partial charge in [-0.15, -0.1) is 11.8 Å². The lowest BCUT2D eigenvalue weighted by atomic mass is 10.1. The van der Waals surface area contributed by atoms with E-state index in [0.717, 1.165) is 23.6 Å². The van der Waals surface area contributed by atoms with Crippen LogP contribution in [0.4, 0.5) is 0 Å². The zero-order valence-electron chi connectivity index (χ0n) is 10.1. The van der Waals surface area contributed by atoms with E-state index in [4.69, 9.17) is 0 Å². The third-order valence-electron chi connectivity index (χ3n) is 3.02. The minimum Gasteiger partial charge on any atom is -0.507 e. The van der Waals surface area contributed by atoms with Gasteiger partial charge in [-0.3, -0.25) is 0 Å². The number of phenols is 1. The molecular formula is C13H19NOS. The van der Waals surface area contributed by atoms with E-state index in [1.165, 1.54) is 11.3 Å². The first-order valence-corrected chi connectivity index (χ1v) is 6.78. The normalized spacial score (nSPS) is 25.7. The van der Waals surface area contributed by atoms with Crippen LogP contribution in [0.2, 0.25) is 0 Å². The Kier molecular flexibility index (Phi) is 3.45. The summed E-state index contributed by atoms with van der Waals surface area (Å²) in [5.41, 5.74) is 3.22. The summed E-state index contributed by atoms with van der Waals surface area (Å²) in [6.07, 6.45) is 0. The van der Waals surface area contributed by atoms with Crippen LogP contribution in [0.5, 0.6) is 5.75 Å². The summed E-state index contributed by atoms with van der Waals surface area (Å²) in [5.74, 6) is 2.38. The van der Waals surface area contributed by atoms with Crippen molar-refractivity contribution in [3.8, 4) is 5.75 Å². The molecule has 1 saturated heterocycles. The third-order valence-corrected chi connectivity index (χ3v) is 4.55. The summed E-state index contributed by atoms with van der Waals surface area (Å²) in [6.45, 7) is 7.27. The number of phenolic OH excluding ortho intramolecular Hbond substituents is 1. The van der Waals surface area contributed by atoms with Crippen molar-refractivity contribution in [2.75, 3.05) is 12.3 Å². The number of hydrogen-bond donors (Lipinski definition) is 2. The molecule has 1 aliphatic heterocycles. The molecule has 2 N–H and O–H groups in total. The first-order chi connectivity index (χ1) is 7.58. The lowest BCUT2D eigenvalue weighted by Gasteiger charge is -2.28. The Morgan fingerprint density at radius 3 is 2.44 bits per heavy atom. The van der Waals surface area contributed by atoms with Crippen LogP contribution in [0.3, 0.4) is 0 Å². The van der Waals surface area contributed by atoms with Crippen molar-refractivity contribution in [1.29, 1.82) is 0 Å². The van der Waals surface area contributed by atoms with E-state index in [0.29, 0.717) is 11.1 Å². The van der Waals surface area contributed by atoms with E-state index in [9.17, 15) is 5.11 Å². The number of aryl methyl sites for hydroxylation is 2. The van der Waals surface area contributed by atoms with Gasteiger partial charge in [-0.1, -0.05) is 6.92 Å². The standard InChI is InChI=1S/C13H19NOS/c1-8-6-14-13(16-7-8)11-4-9(2)12(15)10(3)5-11/h4-5,8,13-15H,6-7H2,1-3H3. The number of rotatable bonds is 1. The van der Waals surface area contributed by atoms with Crippen LogP contribution >= 0.6 is 11.8 Å². The van der Waals surface area contributed by atoms with E-state index in [-0.39, 0.29) is 0 Å². The first-order valence-electron chi connectivity index (χ1n) is 5.73. The van der Waals surface area contributed by atoms with E-state index in [2.05, 4.69) is 24.4 Å². The summed E-state index contributed by atoms with van der Waals surface area (Å²) >= 11 is 1.95. The second kappa shape index (κ2) is 4.68. The van der Waals surface area contributed by atoms with E-state index >= 15 is 0 Å². The highest BCUT2D eigenvalue weighted by Gasteiger charge is 2.20. The zero-order valence-corrected chi connectivity index (χ0v) is 10.9. The van der Waals surface area contributed by atoms with Gasteiger partial charge in [0, 0.05) is 0 Å². The minimum absolute atomic E-state index is 0.384. The SMILES string of the molecule is Cc1cc(C2NCC(C)CS2)cc(C)c1O. The minimum atomic E-state index is 0.384. The monoisotopic (exact) mass is 237 g/mol. The molecule has 88 valence electrons. The maximum absolute atomic E-state index is 9.74. The molecule has 1 aromatic carbocycles. The highest BCUT2D eigenvalue weighted by molar-refractivity contribution is 7.99. The van der Waals surface area contributed by atoms with Crippen LogP contribution < -0.4 is 5.32 Å². The molecule has 0 saturated carbocycles. The lowest BCUT2D eigenvalue weighted by molar-refractivity contribution is 0.466. The van der Waals surface area contributed by atoms with Gasteiger partial charge in [0.2, 0.25) is 0 Å². The van der Waals surface area contributed by atoms with Gasteiger partial charge in [0.05, 0.1) is 5.37 Å². The summed E-state index contributed by atoms with van der Waals surface area (Å²) in [7, 11) is 0. The molecule has 2 rings (SSSR count). The summed E-state index contributed by atoms with van der Waals surface area (Å²) in [5, 5.41) is 13.7. The number of hydrogen-bond acceptors (Lipinski definition) is 3. The summed E-state index contributed by atoms with van der Waals surface area (Å²) < 4.78 is 0. The van der Waals surface area contributed by atoms with Crippen LogP contribution in [0.15, 0.2) is 12.1 Å². The highest BCUT2D eigenvalue weighted by atomic mass is 32.2. The number of nitrogens with one attached hydrogen (secondary N) is 1. The fraction of sp³-hybridized carbons (Fsp3) is 0.538. The molecule has 0 bridgehead atoms. The molecule has 1 fully saturated rings. The Balaban J connectivity index is 2.21. The average molecular weight is 237 g/mol. The molecule has 0 aliphatic carbocycles. The Bertz CT molecular complexity index is 361. The van der Waals surface area contributed by atoms with Crippen LogP contribution in [0.25, 0.3) is 0 Å². The van der Waals surface area contributed by atoms with E-state index in [1.54, 1.807) is 0 Å². The molecule has 1 heterocycles. The fourth-order valence-corrected chi connectivity index (χ4v) is 3.22. The van der Waals surface area contributed by atoms with Crippen molar-refractivity contribution in [1.82, 2.24) is 5.32 Å². The molecule has 3 heteroatoms. The molecule has 2 atom stereocenters. The van der Waals surface area contributed by atoms with Crippen molar-refractivity contribution in [2.45, 2.75) is 26.1 Å². The van der Waals surface area contributed by atoms with Crippen LogP contribution in [0, 0.1) is 19.8 Å². The number of aromatic hydroxyl groups is 1. The largest absolute Gasteiger partial charge is 0.507 e. The van der Waals surface area contributed by atoms with Gasteiger partial charge in [-0.25, -0.2) is 0 Å². The lowest BCUT2D eigenvalue weighted by Crippen LogP contribution is -2.31. The van der Waals surface area contributed by atoms with Crippen molar-refractivity contribution in [3.63, 3.8) is 0 Å². The molecule has 1 aliphatic rings. The van der Waals surface area contributed by atoms with Crippen LogP contribution in [-0.4, -0.2) is 17.4 Å². The Hall–Kier alpha value is -0.670. The first kappa shape index (κ1) is 11.8. The fourth-order valence-electron chi connectivity index (χ4n) is 2.04. The number of benzene rings is 1. The molecule has 2 unspecified atom stereocenters. The molecule has 0 spiro atoms. The zero-order chi connectivity index (χ0) is 11.7. The van der Waals surface area contributed by atoms with Crippen molar-refractivity contribution >= 4 is 11.8 Å². The average Bonchev–Trinajstić information content (AvgIpc) is 2.26. The second-order valence-corrected chi connectivity index (χ2v) is 5.87. The van der Waals surface area contributed by atoms with Crippen molar-refractivity contribution in [2.24, 2.45) is 5.92 Å². The highest BCUT2D eigenvalue weighted by Crippen LogP contribution is 2.34. The molecule has 0 amide bonds. The smallest absolute Gasteiger partial charge is 0.121 e. The molecule has 0 radical (unpaired) electrons. The third kappa shape index (κ3) is 2.36. The summed E-state index contributed by atoms with van der Waals surface area (Å²) in [6, 6.07) is 4.17. The maximum atomic E-state index is 9.74. The van der Waals surface area contributed by atoms with Crippen LogP contribution in [0.1, 0.15) is 29.0 Å². The number of thioether (sulfide) groups is 1. The topological polar surface area (TPSA) is 32.3 Å².